The molecule has 17 heavy (non-hydrogen) atoms. The van der Waals surface area contributed by atoms with E-state index >= 15 is 0 Å². The van der Waals surface area contributed by atoms with Crippen LogP contribution in [0, 0.1) is 5.82 Å². The number of amides is 1. The minimum atomic E-state index is -0.443. The van der Waals surface area contributed by atoms with E-state index in [9.17, 15) is 9.18 Å². The van der Waals surface area contributed by atoms with Crippen molar-refractivity contribution in [3.05, 3.63) is 29.1 Å². The standard InChI is InChI=1S/C12H15FN2O2/c1-6-8-3-7(10(14)5-17-2)4-9(13)11(8)15-12(6)16/h3-4,6,10H,5,14H2,1-2H3,(H,15,16). The lowest BCUT2D eigenvalue weighted by molar-refractivity contribution is -0.116. The molecule has 1 amide bonds. The Hall–Kier alpha value is -1.46. The molecule has 1 aliphatic rings. The summed E-state index contributed by atoms with van der Waals surface area (Å²) in [6.07, 6.45) is 0. The van der Waals surface area contributed by atoms with Crippen LogP contribution in [0.5, 0.6) is 0 Å². The van der Waals surface area contributed by atoms with Gasteiger partial charge in [0, 0.05) is 7.11 Å². The van der Waals surface area contributed by atoms with Gasteiger partial charge in [0.2, 0.25) is 5.91 Å². The SMILES string of the molecule is COCC(N)c1cc(F)c2c(c1)C(C)C(=O)N2. The summed E-state index contributed by atoms with van der Waals surface area (Å²) in [5, 5.41) is 2.53. The van der Waals surface area contributed by atoms with Crippen LogP contribution in [0.15, 0.2) is 12.1 Å². The number of carbonyl (C=O) groups excluding carboxylic acids is 1. The van der Waals surface area contributed by atoms with Crippen molar-refractivity contribution in [3.8, 4) is 0 Å². The van der Waals surface area contributed by atoms with Crippen LogP contribution < -0.4 is 11.1 Å². The van der Waals surface area contributed by atoms with Gasteiger partial charge in [0.1, 0.15) is 5.82 Å². The van der Waals surface area contributed by atoms with Crippen molar-refractivity contribution in [3.63, 3.8) is 0 Å². The lowest BCUT2D eigenvalue weighted by atomic mass is 9.97. The van der Waals surface area contributed by atoms with Gasteiger partial charge in [-0.2, -0.15) is 0 Å². The fraction of sp³-hybridized carbons (Fsp3) is 0.417. The highest BCUT2D eigenvalue weighted by Crippen LogP contribution is 2.36. The summed E-state index contributed by atoms with van der Waals surface area (Å²) in [4.78, 5) is 11.5. The zero-order chi connectivity index (χ0) is 12.6. The number of fused-ring (bicyclic) bond motifs is 1. The number of anilines is 1. The van der Waals surface area contributed by atoms with E-state index in [1.54, 1.807) is 13.0 Å². The van der Waals surface area contributed by atoms with E-state index in [2.05, 4.69) is 5.32 Å². The summed E-state index contributed by atoms with van der Waals surface area (Å²) in [7, 11) is 1.54. The van der Waals surface area contributed by atoms with Crippen LogP contribution in [0.3, 0.4) is 0 Å². The Morgan fingerprint density at radius 3 is 2.94 bits per heavy atom. The molecule has 0 aliphatic carbocycles. The number of ether oxygens (including phenoxy) is 1. The molecule has 0 fully saturated rings. The first-order valence-corrected chi connectivity index (χ1v) is 5.43. The second-order valence-electron chi connectivity index (χ2n) is 4.24. The second kappa shape index (κ2) is 4.43. The molecule has 0 saturated heterocycles. The molecule has 0 radical (unpaired) electrons. The molecular weight excluding hydrogens is 223 g/mol. The summed E-state index contributed by atoms with van der Waals surface area (Å²) in [5.41, 5.74) is 7.43. The van der Waals surface area contributed by atoms with Crippen molar-refractivity contribution in [1.29, 1.82) is 0 Å². The zero-order valence-electron chi connectivity index (χ0n) is 9.79. The van der Waals surface area contributed by atoms with Gasteiger partial charge in [-0.05, 0) is 24.1 Å². The van der Waals surface area contributed by atoms with E-state index in [0.717, 1.165) is 0 Å². The third kappa shape index (κ3) is 2.03. The van der Waals surface area contributed by atoms with E-state index in [0.29, 0.717) is 17.7 Å². The van der Waals surface area contributed by atoms with Gasteiger partial charge in [-0.3, -0.25) is 4.79 Å². The Kier molecular flexibility index (Phi) is 3.13. The minimum absolute atomic E-state index is 0.184. The quantitative estimate of drug-likeness (QED) is 0.839. The molecule has 92 valence electrons. The maximum atomic E-state index is 13.8. The average molecular weight is 238 g/mol. The third-order valence-corrected chi connectivity index (χ3v) is 3.03. The topological polar surface area (TPSA) is 64.3 Å². The first-order valence-electron chi connectivity index (χ1n) is 5.43. The zero-order valence-corrected chi connectivity index (χ0v) is 9.79. The van der Waals surface area contributed by atoms with Gasteiger partial charge in [-0.25, -0.2) is 4.39 Å². The number of benzene rings is 1. The van der Waals surface area contributed by atoms with Crippen molar-refractivity contribution in [2.24, 2.45) is 5.73 Å². The molecule has 3 N–H and O–H groups in total. The van der Waals surface area contributed by atoms with Gasteiger partial charge >= 0.3 is 0 Å². The normalized spacial score (nSPS) is 20.0. The summed E-state index contributed by atoms with van der Waals surface area (Å²) >= 11 is 0. The van der Waals surface area contributed by atoms with Crippen LogP contribution in [-0.2, 0) is 9.53 Å². The molecule has 2 rings (SSSR count). The van der Waals surface area contributed by atoms with Gasteiger partial charge in [0.25, 0.3) is 0 Å². The van der Waals surface area contributed by atoms with Crippen LogP contribution in [0.4, 0.5) is 10.1 Å². The number of nitrogens with one attached hydrogen (secondary N) is 1. The molecule has 0 aromatic heterocycles. The smallest absolute Gasteiger partial charge is 0.231 e. The molecule has 0 saturated carbocycles. The van der Waals surface area contributed by atoms with E-state index in [-0.39, 0.29) is 23.6 Å². The van der Waals surface area contributed by atoms with Gasteiger partial charge in [-0.15, -0.1) is 0 Å². The molecule has 0 bridgehead atoms. The Morgan fingerprint density at radius 1 is 1.59 bits per heavy atom. The summed E-state index contributed by atoms with van der Waals surface area (Å²) < 4.78 is 18.7. The molecule has 1 heterocycles. The lowest BCUT2D eigenvalue weighted by Gasteiger charge is -2.13. The Labute approximate surface area is 98.9 Å². The molecule has 5 heteroatoms. The van der Waals surface area contributed by atoms with Crippen molar-refractivity contribution in [2.75, 3.05) is 19.0 Å². The van der Waals surface area contributed by atoms with Crippen LogP contribution in [0.2, 0.25) is 0 Å². The predicted molar refractivity (Wildman–Crippen MR) is 62.2 cm³/mol. The summed E-state index contributed by atoms with van der Waals surface area (Å²) in [5.74, 6) is -0.965. The maximum Gasteiger partial charge on any atom is 0.231 e. The van der Waals surface area contributed by atoms with Gasteiger partial charge in [0.05, 0.1) is 24.3 Å². The van der Waals surface area contributed by atoms with Crippen molar-refractivity contribution >= 4 is 11.6 Å². The maximum absolute atomic E-state index is 13.8. The van der Waals surface area contributed by atoms with Gasteiger partial charge < -0.3 is 15.8 Å². The number of rotatable bonds is 3. The van der Waals surface area contributed by atoms with E-state index in [1.807, 2.05) is 0 Å². The Bertz CT molecular complexity index is 462. The number of nitrogens with two attached hydrogens (primary N) is 1. The van der Waals surface area contributed by atoms with Crippen molar-refractivity contribution in [2.45, 2.75) is 18.9 Å². The molecular formula is C12H15FN2O2. The monoisotopic (exact) mass is 238 g/mol. The molecule has 4 nitrogen and oxygen atoms in total. The second-order valence-corrected chi connectivity index (χ2v) is 4.24. The first-order chi connectivity index (χ1) is 8.04. The van der Waals surface area contributed by atoms with Gasteiger partial charge in [-0.1, -0.05) is 6.07 Å². The Morgan fingerprint density at radius 2 is 2.29 bits per heavy atom. The van der Waals surface area contributed by atoms with E-state index < -0.39 is 5.82 Å². The predicted octanol–water partition coefficient (Wildman–Crippen LogP) is 1.53. The fourth-order valence-corrected chi connectivity index (χ4v) is 1.99. The molecule has 0 spiro atoms. The highest BCUT2D eigenvalue weighted by Gasteiger charge is 2.30. The number of hydrogen-bond acceptors (Lipinski definition) is 3. The van der Waals surface area contributed by atoms with Crippen LogP contribution in [0.25, 0.3) is 0 Å². The van der Waals surface area contributed by atoms with E-state index in [4.69, 9.17) is 10.5 Å². The summed E-state index contributed by atoms with van der Waals surface area (Å²) in [6, 6.07) is 2.73. The first kappa shape index (κ1) is 12.0. The van der Waals surface area contributed by atoms with E-state index in [1.165, 1.54) is 13.2 Å². The number of carbonyl (C=O) groups is 1. The average Bonchev–Trinajstić information content (AvgIpc) is 2.57. The third-order valence-electron chi connectivity index (χ3n) is 3.03. The molecule has 2 atom stereocenters. The fourth-order valence-electron chi connectivity index (χ4n) is 1.99. The lowest BCUT2D eigenvalue weighted by Crippen LogP contribution is -2.16. The summed E-state index contributed by atoms with van der Waals surface area (Å²) in [6.45, 7) is 2.06. The van der Waals surface area contributed by atoms with Crippen LogP contribution in [0.1, 0.15) is 30.0 Å². The molecule has 1 aromatic rings. The van der Waals surface area contributed by atoms with Crippen molar-refractivity contribution in [1.82, 2.24) is 0 Å². The highest BCUT2D eigenvalue weighted by atomic mass is 19.1. The molecule has 2 unspecified atom stereocenters. The number of halogens is 1. The van der Waals surface area contributed by atoms with Crippen molar-refractivity contribution < 1.29 is 13.9 Å². The van der Waals surface area contributed by atoms with Crippen LogP contribution in [-0.4, -0.2) is 19.6 Å². The largest absolute Gasteiger partial charge is 0.383 e. The number of methoxy groups -OCH3 is 1. The highest BCUT2D eigenvalue weighted by molar-refractivity contribution is 6.02. The molecule has 1 aromatic carbocycles. The van der Waals surface area contributed by atoms with Gasteiger partial charge in [0.15, 0.2) is 0 Å². The minimum Gasteiger partial charge on any atom is -0.383 e. The van der Waals surface area contributed by atoms with Crippen LogP contribution >= 0.6 is 0 Å². The number of hydrogen-bond donors (Lipinski definition) is 2. The Balaban J connectivity index is 2.41. The molecule has 1 aliphatic heterocycles.